The monoisotopic (exact) mass is 232 g/mol. The van der Waals surface area contributed by atoms with E-state index in [0.717, 1.165) is 11.1 Å². The molecule has 0 aliphatic carbocycles. The summed E-state index contributed by atoms with van der Waals surface area (Å²) in [5.74, 6) is 0.290. The fourth-order valence-electron chi connectivity index (χ4n) is 1.56. The highest BCUT2D eigenvalue weighted by molar-refractivity contribution is 5.89. The number of ether oxygens (including phenoxy) is 1. The van der Waals surface area contributed by atoms with Crippen molar-refractivity contribution >= 4 is 5.97 Å². The molecule has 0 unspecified atom stereocenters. The van der Waals surface area contributed by atoms with Gasteiger partial charge in [0.05, 0.1) is 0 Å². The van der Waals surface area contributed by atoms with Gasteiger partial charge in [-0.05, 0) is 24.8 Å². The first-order valence-corrected chi connectivity index (χ1v) is 5.71. The SMILES string of the molecule is C=C(C)C(=O)Oc1c(C)cccc1C(C)(C)C. The molecule has 0 heterocycles. The first-order chi connectivity index (χ1) is 7.73. The van der Waals surface area contributed by atoms with Crippen LogP contribution in [0.15, 0.2) is 30.4 Å². The normalized spacial score (nSPS) is 11.1. The van der Waals surface area contributed by atoms with E-state index in [0.29, 0.717) is 11.3 Å². The van der Waals surface area contributed by atoms with Crippen molar-refractivity contribution in [2.45, 2.75) is 40.0 Å². The predicted octanol–water partition coefficient (Wildman–Crippen LogP) is 3.77. The molecule has 0 radical (unpaired) electrons. The first-order valence-electron chi connectivity index (χ1n) is 5.71. The Bertz CT molecular complexity index is 450. The van der Waals surface area contributed by atoms with Crippen molar-refractivity contribution < 1.29 is 9.53 Å². The standard InChI is InChI=1S/C15H20O2/c1-10(2)14(16)17-13-11(3)8-7-9-12(13)15(4,5)6/h7-9H,1H2,2-6H3. The van der Waals surface area contributed by atoms with Gasteiger partial charge < -0.3 is 4.74 Å². The summed E-state index contributed by atoms with van der Waals surface area (Å²) in [5.41, 5.74) is 2.35. The second kappa shape index (κ2) is 4.74. The summed E-state index contributed by atoms with van der Waals surface area (Å²) in [6.45, 7) is 13.5. The van der Waals surface area contributed by atoms with Gasteiger partial charge in [0.15, 0.2) is 0 Å². The lowest BCUT2D eigenvalue weighted by molar-refractivity contribution is -0.130. The topological polar surface area (TPSA) is 26.3 Å². The van der Waals surface area contributed by atoms with E-state index in [4.69, 9.17) is 4.74 Å². The van der Waals surface area contributed by atoms with Crippen molar-refractivity contribution in [1.29, 1.82) is 0 Å². The van der Waals surface area contributed by atoms with Crippen LogP contribution < -0.4 is 4.74 Å². The molecule has 1 aromatic rings. The number of carbonyl (C=O) groups is 1. The molecule has 0 aromatic heterocycles. The van der Waals surface area contributed by atoms with E-state index in [9.17, 15) is 4.79 Å². The third-order valence-electron chi connectivity index (χ3n) is 2.56. The van der Waals surface area contributed by atoms with Gasteiger partial charge in [-0.2, -0.15) is 0 Å². The van der Waals surface area contributed by atoms with E-state index < -0.39 is 0 Å². The van der Waals surface area contributed by atoms with Crippen LogP contribution in [-0.4, -0.2) is 5.97 Å². The zero-order valence-corrected chi connectivity index (χ0v) is 11.3. The highest BCUT2D eigenvalue weighted by atomic mass is 16.5. The number of rotatable bonds is 2. The van der Waals surface area contributed by atoms with Gasteiger partial charge in [0.25, 0.3) is 0 Å². The predicted molar refractivity (Wildman–Crippen MR) is 70.3 cm³/mol. The Labute approximate surface area is 103 Å². The van der Waals surface area contributed by atoms with Gasteiger partial charge in [-0.1, -0.05) is 45.5 Å². The molecule has 92 valence electrons. The quantitative estimate of drug-likeness (QED) is 0.441. The van der Waals surface area contributed by atoms with Gasteiger partial charge in [0, 0.05) is 11.1 Å². The van der Waals surface area contributed by atoms with E-state index >= 15 is 0 Å². The average Bonchev–Trinajstić information content (AvgIpc) is 2.18. The van der Waals surface area contributed by atoms with Crippen LogP contribution in [0.2, 0.25) is 0 Å². The molecule has 0 amide bonds. The highest BCUT2D eigenvalue weighted by Crippen LogP contribution is 2.34. The maximum Gasteiger partial charge on any atom is 0.338 e. The molecular formula is C15H20O2. The van der Waals surface area contributed by atoms with Gasteiger partial charge in [-0.3, -0.25) is 0 Å². The van der Waals surface area contributed by atoms with Crippen LogP contribution in [0.1, 0.15) is 38.8 Å². The van der Waals surface area contributed by atoms with Crippen LogP contribution in [0.4, 0.5) is 0 Å². The molecule has 0 atom stereocenters. The Balaban J connectivity index is 3.22. The van der Waals surface area contributed by atoms with Crippen LogP contribution in [-0.2, 0) is 10.2 Å². The van der Waals surface area contributed by atoms with Gasteiger partial charge in [-0.25, -0.2) is 4.79 Å². The van der Waals surface area contributed by atoms with Gasteiger partial charge in [-0.15, -0.1) is 0 Å². The molecule has 2 heteroatoms. The van der Waals surface area contributed by atoms with E-state index in [1.807, 2.05) is 25.1 Å². The number of aryl methyl sites for hydroxylation is 1. The molecule has 1 rings (SSSR count). The third-order valence-corrected chi connectivity index (χ3v) is 2.56. The van der Waals surface area contributed by atoms with E-state index in [1.54, 1.807) is 6.92 Å². The molecule has 0 aliphatic rings. The smallest absolute Gasteiger partial charge is 0.338 e. The summed E-state index contributed by atoms with van der Waals surface area (Å²) in [6.07, 6.45) is 0. The molecule has 0 saturated carbocycles. The number of hydrogen-bond donors (Lipinski definition) is 0. The van der Waals surface area contributed by atoms with Crippen LogP contribution in [0.5, 0.6) is 5.75 Å². The summed E-state index contributed by atoms with van der Waals surface area (Å²) in [4.78, 5) is 11.6. The van der Waals surface area contributed by atoms with Crippen LogP contribution in [0.3, 0.4) is 0 Å². The Morgan fingerprint density at radius 3 is 2.35 bits per heavy atom. The summed E-state index contributed by atoms with van der Waals surface area (Å²) in [7, 11) is 0. The molecule has 1 aromatic carbocycles. The first kappa shape index (κ1) is 13.5. The molecule has 0 N–H and O–H groups in total. The largest absolute Gasteiger partial charge is 0.423 e. The van der Waals surface area contributed by atoms with Crippen LogP contribution >= 0.6 is 0 Å². The highest BCUT2D eigenvalue weighted by Gasteiger charge is 2.21. The van der Waals surface area contributed by atoms with Gasteiger partial charge >= 0.3 is 5.97 Å². The van der Waals surface area contributed by atoms with Crippen LogP contribution in [0.25, 0.3) is 0 Å². The minimum Gasteiger partial charge on any atom is -0.423 e. The third kappa shape index (κ3) is 3.19. The molecule has 2 nitrogen and oxygen atoms in total. The average molecular weight is 232 g/mol. The Kier molecular flexibility index (Phi) is 3.76. The molecule has 0 bridgehead atoms. The molecule has 0 spiro atoms. The maximum atomic E-state index is 11.6. The summed E-state index contributed by atoms with van der Waals surface area (Å²) >= 11 is 0. The van der Waals surface area contributed by atoms with Crippen molar-refractivity contribution in [3.63, 3.8) is 0 Å². The second-order valence-electron chi connectivity index (χ2n) is 5.37. The number of para-hydroxylation sites is 1. The Morgan fingerprint density at radius 2 is 1.88 bits per heavy atom. The van der Waals surface area contributed by atoms with Crippen molar-refractivity contribution in [3.05, 3.63) is 41.5 Å². The molecular weight excluding hydrogens is 212 g/mol. The fraction of sp³-hybridized carbons (Fsp3) is 0.400. The summed E-state index contributed by atoms with van der Waals surface area (Å²) in [6, 6.07) is 5.92. The molecule has 17 heavy (non-hydrogen) atoms. The van der Waals surface area contributed by atoms with Gasteiger partial charge in [0.2, 0.25) is 0 Å². The van der Waals surface area contributed by atoms with Gasteiger partial charge in [0.1, 0.15) is 5.75 Å². The lowest BCUT2D eigenvalue weighted by Gasteiger charge is -2.23. The number of benzene rings is 1. The zero-order valence-electron chi connectivity index (χ0n) is 11.3. The minimum atomic E-state index is -0.371. The van der Waals surface area contributed by atoms with E-state index in [2.05, 4.69) is 27.4 Å². The maximum absolute atomic E-state index is 11.6. The van der Waals surface area contributed by atoms with Crippen molar-refractivity contribution in [2.75, 3.05) is 0 Å². The molecule has 0 saturated heterocycles. The van der Waals surface area contributed by atoms with Crippen molar-refractivity contribution in [1.82, 2.24) is 0 Å². The fourth-order valence-corrected chi connectivity index (χ4v) is 1.56. The van der Waals surface area contributed by atoms with E-state index in [1.165, 1.54) is 0 Å². The van der Waals surface area contributed by atoms with Crippen molar-refractivity contribution in [2.24, 2.45) is 0 Å². The zero-order chi connectivity index (χ0) is 13.2. The van der Waals surface area contributed by atoms with E-state index in [-0.39, 0.29) is 11.4 Å². The number of carbonyl (C=O) groups excluding carboxylic acids is 1. The second-order valence-corrected chi connectivity index (χ2v) is 5.37. The van der Waals surface area contributed by atoms with Crippen molar-refractivity contribution in [3.8, 4) is 5.75 Å². The minimum absolute atomic E-state index is 0.0588. The van der Waals surface area contributed by atoms with Crippen LogP contribution in [0, 0.1) is 6.92 Å². The Morgan fingerprint density at radius 1 is 1.29 bits per heavy atom. The molecule has 0 aliphatic heterocycles. The Hall–Kier alpha value is -1.57. The number of esters is 1. The number of hydrogen-bond acceptors (Lipinski definition) is 2. The summed E-state index contributed by atoms with van der Waals surface area (Å²) in [5, 5.41) is 0. The molecule has 0 fully saturated rings. The lowest BCUT2D eigenvalue weighted by Crippen LogP contribution is -2.17. The lowest BCUT2D eigenvalue weighted by atomic mass is 9.85. The summed E-state index contributed by atoms with van der Waals surface area (Å²) < 4.78 is 5.43.